The highest BCUT2D eigenvalue weighted by Gasteiger charge is 2.36. The Kier molecular flexibility index (Phi) is 4.21. The molecule has 1 aromatic carbocycles. The molecule has 1 heterocycles. The number of esters is 1. The lowest BCUT2D eigenvalue weighted by molar-refractivity contribution is 0.0601. The van der Waals surface area contributed by atoms with E-state index in [-0.39, 0.29) is 5.97 Å². The maximum Gasteiger partial charge on any atom is 0.340 e. The number of hydrogen-bond acceptors (Lipinski definition) is 4. The zero-order chi connectivity index (χ0) is 14.8. The molecule has 0 spiro atoms. The third-order valence-electron chi connectivity index (χ3n) is 4.70. The number of nitrogen functional groups attached to an aromatic ring is 1. The number of methoxy groups -OCH3 is 1. The van der Waals surface area contributed by atoms with Crippen LogP contribution in [0.3, 0.4) is 0 Å². The Labute approximate surface area is 120 Å². The quantitative estimate of drug-likeness (QED) is 0.678. The Morgan fingerprint density at radius 1 is 1.40 bits per heavy atom. The van der Waals surface area contributed by atoms with Gasteiger partial charge in [0.2, 0.25) is 0 Å². The molecule has 4 nitrogen and oxygen atoms in total. The fourth-order valence-corrected chi connectivity index (χ4v) is 3.07. The van der Waals surface area contributed by atoms with Crippen molar-refractivity contribution in [1.29, 1.82) is 0 Å². The Morgan fingerprint density at radius 2 is 2.10 bits per heavy atom. The van der Waals surface area contributed by atoms with Crippen molar-refractivity contribution in [3.05, 3.63) is 23.8 Å². The maximum absolute atomic E-state index is 11.9. The third-order valence-corrected chi connectivity index (χ3v) is 4.70. The van der Waals surface area contributed by atoms with Crippen LogP contribution in [0, 0.1) is 5.41 Å². The van der Waals surface area contributed by atoms with Gasteiger partial charge in [0.05, 0.1) is 18.4 Å². The molecule has 1 fully saturated rings. The zero-order valence-electron chi connectivity index (χ0n) is 12.6. The molecule has 2 N–H and O–H groups in total. The molecule has 0 aliphatic carbocycles. The minimum absolute atomic E-state index is 0.321. The van der Waals surface area contributed by atoms with Crippen molar-refractivity contribution in [1.82, 2.24) is 0 Å². The van der Waals surface area contributed by atoms with E-state index in [0.29, 0.717) is 16.7 Å². The van der Waals surface area contributed by atoms with Gasteiger partial charge in [-0.05, 0) is 42.9 Å². The predicted molar refractivity (Wildman–Crippen MR) is 82.0 cm³/mol. The highest BCUT2D eigenvalue weighted by atomic mass is 16.5. The highest BCUT2D eigenvalue weighted by Crippen LogP contribution is 2.40. The molecular formula is C16H24N2O2. The Balaban J connectivity index is 2.32. The second-order valence-electron chi connectivity index (χ2n) is 5.65. The van der Waals surface area contributed by atoms with Crippen LogP contribution in [0.1, 0.15) is 43.5 Å². The molecule has 1 saturated heterocycles. The predicted octanol–water partition coefficient (Wildman–Crippen LogP) is 3.07. The number of carbonyl (C=O) groups excluding carboxylic acids is 1. The molecule has 4 heteroatoms. The second-order valence-corrected chi connectivity index (χ2v) is 5.65. The summed E-state index contributed by atoms with van der Waals surface area (Å²) in [5.74, 6) is -0.321. The maximum atomic E-state index is 11.9. The van der Waals surface area contributed by atoms with Gasteiger partial charge >= 0.3 is 5.97 Å². The number of nitrogens with zero attached hydrogens (tertiary/aromatic N) is 1. The summed E-state index contributed by atoms with van der Waals surface area (Å²) in [6.07, 6.45) is 3.51. The first-order valence-corrected chi connectivity index (χ1v) is 7.28. The lowest BCUT2D eigenvalue weighted by atomic mass is 9.82. The lowest BCUT2D eigenvalue weighted by Gasteiger charge is -2.28. The van der Waals surface area contributed by atoms with Crippen LogP contribution >= 0.6 is 0 Å². The molecule has 0 unspecified atom stereocenters. The van der Waals surface area contributed by atoms with Gasteiger partial charge in [-0.2, -0.15) is 0 Å². The molecule has 0 bridgehead atoms. The van der Waals surface area contributed by atoms with Gasteiger partial charge in [0.1, 0.15) is 0 Å². The van der Waals surface area contributed by atoms with E-state index in [1.165, 1.54) is 26.4 Å². The van der Waals surface area contributed by atoms with Crippen molar-refractivity contribution in [3.8, 4) is 0 Å². The summed E-state index contributed by atoms with van der Waals surface area (Å²) in [6.45, 7) is 6.47. The van der Waals surface area contributed by atoms with Crippen molar-refractivity contribution >= 4 is 17.3 Å². The van der Waals surface area contributed by atoms with Gasteiger partial charge in [-0.1, -0.05) is 13.8 Å². The smallest absolute Gasteiger partial charge is 0.340 e. The van der Waals surface area contributed by atoms with Crippen LogP contribution in [-0.4, -0.2) is 26.2 Å². The Morgan fingerprint density at radius 3 is 2.65 bits per heavy atom. The van der Waals surface area contributed by atoms with Crippen LogP contribution in [-0.2, 0) is 4.74 Å². The van der Waals surface area contributed by atoms with E-state index >= 15 is 0 Å². The van der Waals surface area contributed by atoms with E-state index < -0.39 is 0 Å². The fraction of sp³-hybridized carbons (Fsp3) is 0.562. The van der Waals surface area contributed by atoms with Gasteiger partial charge in [0, 0.05) is 18.8 Å². The number of nitrogens with two attached hydrogens (primary N) is 1. The summed E-state index contributed by atoms with van der Waals surface area (Å²) in [6, 6.07) is 5.49. The van der Waals surface area contributed by atoms with Crippen LogP contribution < -0.4 is 10.6 Å². The van der Waals surface area contributed by atoms with Gasteiger partial charge in [-0.25, -0.2) is 4.79 Å². The van der Waals surface area contributed by atoms with E-state index in [4.69, 9.17) is 10.5 Å². The van der Waals surface area contributed by atoms with Crippen molar-refractivity contribution in [2.24, 2.45) is 5.41 Å². The Bertz CT molecular complexity index is 495. The number of carbonyl (C=O) groups is 1. The topological polar surface area (TPSA) is 55.6 Å². The number of anilines is 2. The minimum Gasteiger partial charge on any atom is -0.465 e. The zero-order valence-corrected chi connectivity index (χ0v) is 12.6. The van der Waals surface area contributed by atoms with Gasteiger partial charge in [-0.3, -0.25) is 0 Å². The van der Waals surface area contributed by atoms with Gasteiger partial charge in [0.15, 0.2) is 0 Å². The second kappa shape index (κ2) is 5.73. The third kappa shape index (κ3) is 2.60. The molecule has 1 aliphatic heterocycles. The molecule has 0 saturated carbocycles. The molecular weight excluding hydrogens is 252 g/mol. The summed E-state index contributed by atoms with van der Waals surface area (Å²) < 4.78 is 4.87. The van der Waals surface area contributed by atoms with Crippen molar-refractivity contribution < 1.29 is 9.53 Å². The molecule has 2 rings (SSSR count). The summed E-state index contributed by atoms with van der Waals surface area (Å²) in [4.78, 5) is 14.2. The van der Waals surface area contributed by atoms with Crippen LogP contribution in [0.15, 0.2) is 18.2 Å². The minimum atomic E-state index is -0.321. The highest BCUT2D eigenvalue weighted by molar-refractivity contribution is 5.97. The SMILES string of the molecule is CCC1(CC)CCN(c2ccc(N)cc2C(=O)OC)C1. The average molecular weight is 276 g/mol. The Hall–Kier alpha value is -1.71. The lowest BCUT2D eigenvalue weighted by Crippen LogP contribution is -2.27. The number of benzene rings is 1. The summed E-state index contributed by atoms with van der Waals surface area (Å²) in [5, 5.41) is 0. The first kappa shape index (κ1) is 14.7. The van der Waals surface area contributed by atoms with E-state index in [9.17, 15) is 4.79 Å². The van der Waals surface area contributed by atoms with Crippen LogP contribution in [0.5, 0.6) is 0 Å². The van der Waals surface area contributed by atoms with Crippen LogP contribution in [0.25, 0.3) is 0 Å². The van der Waals surface area contributed by atoms with E-state index in [0.717, 1.165) is 18.8 Å². The molecule has 1 aromatic rings. The van der Waals surface area contributed by atoms with E-state index in [2.05, 4.69) is 18.7 Å². The van der Waals surface area contributed by atoms with Crippen molar-refractivity contribution in [2.45, 2.75) is 33.1 Å². The molecule has 0 radical (unpaired) electrons. The van der Waals surface area contributed by atoms with Crippen molar-refractivity contribution in [2.75, 3.05) is 30.8 Å². The summed E-state index contributed by atoms with van der Waals surface area (Å²) >= 11 is 0. The fourth-order valence-electron chi connectivity index (χ4n) is 3.07. The van der Waals surface area contributed by atoms with Crippen LogP contribution in [0.4, 0.5) is 11.4 Å². The molecule has 20 heavy (non-hydrogen) atoms. The van der Waals surface area contributed by atoms with E-state index in [1.54, 1.807) is 6.07 Å². The van der Waals surface area contributed by atoms with E-state index in [1.807, 2.05) is 12.1 Å². The number of ether oxygens (including phenoxy) is 1. The summed E-state index contributed by atoms with van der Waals surface area (Å²) in [7, 11) is 1.40. The standard InChI is InChI=1S/C16H24N2O2/c1-4-16(5-2)8-9-18(11-16)14-7-6-12(17)10-13(14)15(19)20-3/h6-7,10H,4-5,8-9,11,17H2,1-3H3. The number of rotatable bonds is 4. The molecule has 0 aromatic heterocycles. The first-order valence-electron chi connectivity index (χ1n) is 7.28. The largest absolute Gasteiger partial charge is 0.465 e. The molecule has 1 aliphatic rings. The molecule has 0 amide bonds. The average Bonchev–Trinajstić information content (AvgIpc) is 2.91. The first-order chi connectivity index (χ1) is 9.55. The van der Waals surface area contributed by atoms with Crippen molar-refractivity contribution in [3.63, 3.8) is 0 Å². The number of hydrogen-bond donors (Lipinski definition) is 1. The normalized spacial score (nSPS) is 17.2. The van der Waals surface area contributed by atoms with Gasteiger partial charge in [-0.15, -0.1) is 0 Å². The molecule has 110 valence electrons. The van der Waals surface area contributed by atoms with Gasteiger partial charge < -0.3 is 15.4 Å². The van der Waals surface area contributed by atoms with Gasteiger partial charge in [0.25, 0.3) is 0 Å². The van der Waals surface area contributed by atoms with Crippen LogP contribution in [0.2, 0.25) is 0 Å². The molecule has 0 atom stereocenters. The summed E-state index contributed by atoms with van der Waals surface area (Å²) in [5.41, 5.74) is 8.26. The monoisotopic (exact) mass is 276 g/mol.